The second-order valence-corrected chi connectivity index (χ2v) is 7.51. The molecule has 4 heterocycles. The number of aromatic amines is 1. The van der Waals surface area contributed by atoms with Gasteiger partial charge in [-0.2, -0.15) is 10.1 Å². The van der Waals surface area contributed by atoms with Gasteiger partial charge >= 0.3 is 0 Å². The minimum absolute atomic E-state index is 0.111. The number of H-pyrrole nitrogens is 1. The Morgan fingerprint density at radius 2 is 2.17 bits per heavy atom. The highest BCUT2D eigenvalue weighted by Gasteiger charge is 2.25. The van der Waals surface area contributed by atoms with Crippen molar-refractivity contribution in [2.45, 2.75) is 63.9 Å². The van der Waals surface area contributed by atoms with E-state index < -0.39 is 0 Å². The van der Waals surface area contributed by atoms with E-state index in [0.717, 1.165) is 51.2 Å². The molecule has 0 bridgehead atoms. The molecule has 0 aliphatic carbocycles. The molecule has 2 aliphatic rings. The summed E-state index contributed by atoms with van der Waals surface area (Å²) in [4.78, 5) is 8.75. The molecule has 158 valence electrons. The largest absolute Gasteiger partial charge is 0.470 e. The molecule has 29 heavy (non-hydrogen) atoms. The Bertz CT molecular complexity index is 776. The molecule has 2 unspecified atom stereocenters. The van der Waals surface area contributed by atoms with Gasteiger partial charge in [-0.25, -0.2) is 0 Å². The lowest BCUT2D eigenvalue weighted by Crippen LogP contribution is -2.36. The summed E-state index contributed by atoms with van der Waals surface area (Å²) >= 11 is 0. The van der Waals surface area contributed by atoms with Crippen molar-refractivity contribution < 1.29 is 18.9 Å². The minimum atomic E-state index is -0.148. The van der Waals surface area contributed by atoms with Crippen molar-refractivity contribution in [3.63, 3.8) is 0 Å². The van der Waals surface area contributed by atoms with Gasteiger partial charge in [-0.1, -0.05) is 6.92 Å². The van der Waals surface area contributed by atoms with Gasteiger partial charge in [-0.3, -0.25) is 10.1 Å². The van der Waals surface area contributed by atoms with Crippen LogP contribution >= 0.6 is 0 Å². The quantitative estimate of drug-likeness (QED) is 0.658. The number of aromatic nitrogens is 4. The van der Waals surface area contributed by atoms with Crippen LogP contribution in [0.4, 0.5) is 11.6 Å². The number of nitrogens with zero attached hydrogens (tertiary/aromatic N) is 3. The highest BCUT2D eigenvalue weighted by atomic mass is 16.7. The standard InChI is InChI=1S/C20H29N5O4/c1-3-16(13(2)28-20-6-4-5-7-27-20)29-19-10-21-9-18(23-19)22-17-8-15(24-25-17)14-11-26-12-14/h8-10,13-14,16,20H,3-7,11-12H2,1-2H3,(H2,22,23,24,25)/t13-,16?,20?/m1/s1. The zero-order valence-electron chi connectivity index (χ0n) is 17.0. The van der Waals surface area contributed by atoms with Crippen LogP contribution in [-0.4, -0.2) is 58.5 Å². The van der Waals surface area contributed by atoms with Crippen LogP contribution in [0.15, 0.2) is 18.5 Å². The molecule has 0 radical (unpaired) electrons. The predicted molar refractivity (Wildman–Crippen MR) is 106 cm³/mol. The molecule has 0 saturated carbocycles. The smallest absolute Gasteiger partial charge is 0.234 e. The normalized spacial score (nSPS) is 21.9. The van der Waals surface area contributed by atoms with E-state index >= 15 is 0 Å². The van der Waals surface area contributed by atoms with Crippen molar-refractivity contribution in [3.05, 3.63) is 24.2 Å². The first kappa shape index (κ1) is 20.1. The van der Waals surface area contributed by atoms with E-state index in [1.165, 1.54) is 0 Å². The third-order valence-electron chi connectivity index (χ3n) is 5.25. The molecule has 2 aromatic rings. The van der Waals surface area contributed by atoms with E-state index in [-0.39, 0.29) is 18.5 Å². The molecule has 2 N–H and O–H groups in total. The number of hydrogen-bond acceptors (Lipinski definition) is 8. The highest BCUT2D eigenvalue weighted by molar-refractivity contribution is 5.51. The number of hydrogen-bond donors (Lipinski definition) is 2. The van der Waals surface area contributed by atoms with Gasteiger partial charge in [-0.15, -0.1) is 0 Å². The molecule has 9 nitrogen and oxygen atoms in total. The molecule has 0 spiro atoms. The summed E-state index contributed by atoms with van der Waals surface area (Å²) in [5, 5.41) is 10.5. The lowest BCUT2D eigenvalue weighted by Gasteiger charge is -2.30. The molecule has 2 saturated heterocycles. The second-order valence-electron chi connectivity index (χ2n) is 7.51. The van der Waals surface area contributed by atoms with Crippen LogP contribution in [-0.2, 0) is 14.2 Å². The first-order chi connectivity index (χ1) is 14.2. The van der Waals surface area contributed by atoms with Gasteiger partial charge in [0.25, 0.3) is 0 Å². The lowest BCUT2D eigenvalue weighted by molar-refractivity contribution is -0.200. The van der Waals surface area contributed by atoms with Crippen LogP contribution < -0.4 is 10.1 Å². The molecule has 9 heteroatoms. The fourth-order valence-corrected chi connectivity index (χ4v) is 3.43. The Hall–Kier alpha value is -2.23. The first-order valence-electron chi connectivity index (χ1n) is 10.4. The number of rotatable bonds is 9. The van der Waals surface area contributed by atoms with Gasteiger partial charge < -0.3 is 24.3 Å². The summed E-state index contributed by atoms with van der Waals surface area (Å²) in [5.74, 6) is 2.10. The fourth-order valence-electron chi connectivity index (χ4n) is 3.43. The van der Waals surface area contributed by atoms with Crippen LogP contribution in [0.5, 0.6) is 5.88 Å². The maximum Gasteiger partial charge on any atom is 0.234 e. The van der Waals surface area contributed by atoms with Gasteiger partial charge in [0.05, 0.1) is 31.7 Å². The van der Waals surface area contributed by atoms with Crippen molar-refractivity contribution in [2.24, 2.45) is 0 Å². The van der Waals surface area contributed by atoms with E-state index in [0.29, 0.717) is 23.4 Å². The van der Waals surface area contributed by atoms with Crippen molar-refractivity contribution in [1.29, 1.82) is 0 Å². The Balaban J connectivity index is 1.34. The molecule has 3 atom stereocenters. The van der Waals surface area contributed by atoms with Crippen LogP contribution in [0.2, 0.25) is 0 Å². The molecule has 4 rings (SSSR count). The Morgan fingerprint density at radius 3 is 2.90 bits per heavy atom. The van der Waals surface area contributed by atoms with Crippen LogP contribution in [0.25, 0.3) is 0 Å². The maximum absolute atomic E-state index is 6.08. The van der Waals surface area contributed by atoms with Crippen molar-refractivity contribution >= 4 is 11.6 Å². The van der Waals surface area contributed by atoms with Gasteiger partial charge in [0.1, 0.15) is 6.10 Å². The number of anilines is 2. The minimum Gasteiger partial charge on any atom is -0.470 e. The molecular formula is C20H29N5O4. The van der Waals surface area contributed by atoms with E-state index in [9.17, 15) is 0 Å². The Morgan fingerprint density at radius 1 is 1.28 bits per heavy atom. The predicted octanol–water partition coefficient (Wildman–Crippen LogP) is 3.15. The summed E-state index contributed by atoms with van der Waals surface area (Å²) < 4.78 is 23.0. The van der Waals surface area contributed by atoms with E-state index in [1.807, 2.05) is 13.0 Å². The topological polar surface area (TPSA) is 103 Å². The van der Waals surface area contributed by atoms with Crippen molar-refractivity contribution in [1.82, 2.24) is 20.2 Å². The summed E-state index contributed by atoms with van der Waals surface area (Å²) in [5.41, 5.74) is 1.06. The van der Waals surface area contributed by atoms with Gasteiger partial charge in [0, 0.05) is 24.3 Å². The molecular weight excluding hydrogens is 374 g/mol. The second kappa shape index (κ2) is 9.51. The maximum atomic E-state index is 6.08. The van der Waals surface area contributed by atoms with E-state index in [2.05, 4.69) is 32.4 Å². The van der Waals surface area contributed by atoms with E-state index in [1.54, 1.807) is 12.4 Å². The molecule has 0 aromatic carbocycles. The fraction of sp³-hybridized carbons (Fsp3) is 0.650. The van der Waals surface area contributed by atoms with Crippen LogP contribution in [0.1, 0.15) is 51.1 Å². The third kappa shape index (κ3) is 5.23. The van der Waals surface area contributed by atoms with Gasteiger partial charge in [0.2, 0.25) is 5.88 Å². The summed E-state index contributed by atoms with van der Waals surface area (Å²) in [6.07, 6.45) is 6.81. The summed E-state index contributed by atoms with van der Waals surface area (Å²) in [6.45, 7) is 6.30. The average molecular weight is 403 g/mol. The van der Waals surface area contributed by atoms with Crippen LogP contribution in [0.3, 0.4) is 0 Å². The summed E-state index contributed by atoms with van der Waals surface area (Å²) in [6, 6.07) is 1.97. The lowest BCUT2D eigenvalue weighted by atomic mass is 10.0. The van der Waals surface area contributed by atoms with Crippen molar-refractivity contribution in [2.75, 3.05) is 25.1 Å². The number of ether oxygens (including phenoxy) is 4. The SMILES string of the molecule is CCC(Oc1cncc(Nc2cc(C3COC3)[nH]n2)n1)[C@@H](C)OC1CCCCO1. The molecule has 2 aliphatic heterocycles. The first-order valence-corrected chi connectivity index (χ1v) is 10.4. The molecule has 0 amide bonds. The Kier molecular flexibility index (Phi) is 6.58. The third-order valence-corrected chi connectivity index (χ3v) is 5.25. The zero-order chi connectivity index (χ0) is 20.1. The molecule has 2 fully saturated rings. The monoisotopic (exact) mass is 403 g/mol. The van der Waals surface area contributed by atoms with Gasteiger partial charge in [-0.05, 0) is 32.6 Å². The Labute approximate surface area is 170 Å². The molecule has 2 aromatic heterocycles. The van der Waals surface area contributed by atoms with Crippen LogP contribution in [0, 0.1) is 0 Å². The average Bonchev–Trinajstić information content (AvgIpc) is 3.13. The van der Waals surface area contributed by atoms with Gasteiger partial charge in [0.15, 0.2) is 17.9 Å². The summed E-state index contributed by atoms with van der Waals surface area (Å²) in [7, 11) is 0. The highest BCUT2D eigenvalue weighted by Crippen LogP contribution is 2.25. The van der Waals surface area contributed by atoms with E-state index in [4.69, 9.17) is 18.9 Å². The van der Waals surface area contributed by atoms with Crippen molar-refractivity contribution in [3.8, 4) is 5.88 Å². The number of nitrogens with one attached hydrogen (secondary N) is 2. The zero-order valence-corrected chi connectivity index (χ0v) is 17.0.